The number of halogens is 2. The van der Waals surface area contributed by atoms with Crippen LogP contribution in [0.1, 0.15) is 22.8 Å². The van der Waals surface area contributed by atoms with Crippen LogP contribution < -0.4 is 4.74 Å². The third-order valence-electron chi connectivity index (χ3n) is 3.93. The summed E-state index contributed by atoms with van der Waals surface area (Å²) in [5.74, 6) is -0.870. The van der Waals surface area contributed by atoms with Crippen LogP contribution in [0, 0.1) is 0 Å². The summed E-state index contributed by atoms with van der Waals surface area (Å²) in [5, 5.41) is 10.3. The highest BCUT2D eigenvalue weighted by Crippen LogP contribution is 2.37. The van der Waals surface area contributed by atoms with Gasteiger partial charge in [0.05, 0.1) is 32.8 Å². The Kier molecular flexibility index (Phi) is 6.52. The number of amides is 1. The second-order valence-corrected chi connectivity index (χ2v) is 7.79. The molecule has 1 fully saturated rings. The number of carboxylic acid groups (broad SMARTS) is 1. The van der Waals surface area contributed by atoms with Crippen molar-refractivity contribution in [2.24, 2.45) is 4.99 Å². The van der Waals surface area contributed by atoms with Gasteiger partial charge in [0.25, 0.3) is 5.91 Å². The van der Waals surface area contributed by atoms with Crippen molar-refractivity contribution in [3.63, 3.8) is 0 Å². The SMILES string of the molecule is CCOc1c(Cl)cc(/C=C2\SC(=Nc3cccc(C(=O)O)c3)N(C)C2=O)cc1Cl. The van der Waals surface area contributed by atoms with Gasteiger partial charge in [-0.05, 0) is 60.7 Å². The number of carbonyl (C=O) groups is 2. The van der Waals surface area contributed by atoms with Crippen molar-refractivity contribution in [3.05, 3.63) is 62.5 Å². The van der Waals surface area contributed by atoms with E-state index in [9.17, 15) is 9.59 Å². The van der Waals surface area contributed by atoms with E-state index in [1.807, 2.05) is 6.92 Å². The number of aliphatic imine (C=N–C) groups is 1. The molecular weight excluding hydrogens is 435 g/mol. The lowest BCUT2D eigenvalue weighted by atomic mass is 10.2. The number of ether oxygens (including phenoxy) is 1. The molecular formula is C20H16Cl2N2O4S. The van der Waals surface area contributed by atoms with Crippen molar-refractivity contribution in [1.82, 2.24) is 4.90 Å². The number of benzene rings is 2. The molecule has 0 spiro atoms. The van der Waals surface area contributed by atoms with E-state index in [0.29, 0.717) is 43.7 Å². The number of aromatic carboxylic acids is 1. The number of nitrogens with zero attached hydrogens (tertiary/aromatic N) is 2. The highest BCUT2D eigenvalue weighted by atomic mass is 35.5. The van der Waals surface area contributed by atoms with Gasteiger partial charge in [-0.2, -0.15) is 0 Å². The Morgan fingerprint density at radius 3 is 2.59 bits per heavy atom. The van der Waals surface area contributed by atoms with Gasteiger partial charge in [-0.25, -0.2) is 9.79 Å². The lowest BCUT2D eigenvalue weighted by Gasteiger charge is -2.09. The molecule has 6 nitrogen and oxygen atoms in total. The smallest absolute Gasteiger partial charge is 0.335 e. The molecule has 1 heterocycles. The molecule has 1 amide bonds. The van der Waals surface area contributed by atoms with Gasteiger partial charge >= 0.3 is 5.97 Å². The van der Waals surface area contributed by atoms with E-state index in [1.165, 1.54) is 28.8 Å². The lowest BCUT2D eigenvalue weighted by molar-refractivity contribution is -0.121. The Morgan fingerprint density at radius 2 is 1.97 bits per heavy atom. The van der Waals surface area contributed by atoms with Gasteiger partial charge in [0.1, 0.15) is 0 Å². The fourth-order valence-electron chi connectivity index (χ4n) is 2.57. The molecule has 29 heavy (non-hydrogen) atoms. The van der Waals surface area contributed by atoms with E-state index in [2.05, 4.69) is 4.99 Å². The van der Waals surface area contributed by atoms with Crippen molar-refractivity contribution >= 4 is 63.8 Å². The number of carbonyl (C=O) groups excluding carboxylic acids is 1. The van der Waals surface area contributed by atoms with Crippen LogP contribution >= 0.6 is 35.0 Å². The molecule has 1 aliphatic rings. The van der Waals surface area contributed by atoms with Crippen molar-refractivity contribution in [1.29, 1.82) is 0 Å². The molecule has 1 N–H and O–H groups in total. The summed E-state index contributed by atoms with van der Waals surface area (Å²) in [6.45, 7) is 2.27. The molecule has 2 aromatic rings. The van der Waals surface area contributed by atoms with Crippen LogP contribution in [0.3, 0.4) is 0 Å². The van der Waals surface area contributed by atoms with Gasteiger partial charge < -0.3 is 9.84 Å². The Hall–Kier alpha value is -2.48. The number of likely N-dealkylation sites (N-methyl/N-ethyl adjacent to an activating group) is 1. The topological polar surface area (TPSA) is 79.2 Å². The predicted octanol–water partition coefficient (Wildman–Crippen LogP) is 5.32. The van der Waals surface area contributed by atoms with Crippen molar-refractivity contribution < 1.29 is 19.4 Å². The van der Waals surface area contributed by atoms with Crippen LogP contribution in [0.25, 0.3) is 6.08 Å². The van der Waals surface area contributed by atoms with E-state index < -0.39 is 5.97 Å². The van der Waals surface area contributed by atoms with E-state index >= 15 is 0 Å². The molecule has 2 aromatic carbocycles. The molecule has 3 rings (SSSR count). The first-order valence-corrected chi connectivity index (χ1v) is 10.1. The number of carboxylic acids is 1. The number of amidine groups is 1. The minimum Gasteiger partial charge on any atom is -0.491 e. The van der Waals surface area contributed by atoms with E-state index in [1.54, 1.807) is 37.4 Å². The average molecular weight is 451 g/mol. The molecule has 1 saturated heterocycles. The number of hydrogen-bond donors (Lipinski definition) is 1. The molecule has 0 unspecified atom stereocenters. The van der Waals surface area contributed by atoms with E-state index in [0.717, 1.165) is 0 Å². The molecule has 0 bridgehead atoms. The van der Waals surface area contributed by atoms with Gasteiger partial charge in [0, 0.05) is 7.05 Å². The van der Waals surface area contributed by atoms with Crippen LogP contribution in [-0.2, 0) is 4.79 Å². The quantitative estimate of drug-likeness (QED) is 0.623. The van der Waals surface area contributed by atoms with Crippen molar-refractivity contribution in [2.75, 3.05) is 13.7 Å². The monoisotopic (exact) mass is 450 g/mol. The fraction of sp³-hybridized carbons (Fsp3) is 0.150. The molecule has 9 heteroatoms. The van der Waals surface area contributed by atoms with Crippen LogP contribution in [0.2, 0.25) is 10.0 Å². The lowest BCUT2D eigenvalue weighted by Crippen LogP contribution is -2.23. The Bertz CT molecular complexity index is 1030. The molecule has 1 aliphatic heterocycles. The summed E-state index contributed by atoms with van der Waals surface area (Å²) in [6, 6.07) is 9.54. The summed E-state index contributed by atoms with van der Waals surface area (Å²) in [4.78, 5) is 30.0. The largest absolute Gasteiger partial charge is 0.491 e. The van der Waals surface area contributed by atoms with E-state index in [-0.39, 0.29) is 11.5 Å². The molecule has 0 aromatic heterocycles. The van der Waals surface area contributed by atoms with E-state index in [4.69, 9.17) is 33.0 Å². The van der Waals surface area contributed by atoms with Gasteiger partial charge in [-0.15, -0.1) is 0 Å². The molecule has 0 atom stereocenters. The number of thioether (sulfide) groups is 1. The zero-order chi connectivity index (χ0) is 21.1. The van der Waals surface area contributed by atoms with Gasteiger partial charge in [0.15, 0.2) is 10.9 Å². The van der Waals surface area contributed by atoms with Gasteiger partial charge in [-0.1, -0.05) is 29.3 Å². The highest BCUT2D eigenvalue weighted by Gasteiger charge is 2.30. The Labute approximate surface area is 181 Å². The second-order valence-electron chi connectivity index (χ2n) is 5.97. The van der Waals surface area contributed by atoms with Gasteiger partial charge in [0.2, 0.25) is 0 Å². The van der Waals surface area contributed by atoms with Crippen LogP contribution in [0.4, 0.5) is 5.69 Å². The Balaban J connectivity index is 1.91. The molecule has 0 radical (unpaired) electrons. The molecule has 0 aliphatic carbocycles. The average Bonchev–Trinajstić information content (AvgIpc) is 2.93. The maximum atomic E-state index is 12.6. The standard InChI is InChI=1S/C20H16Cl2N2O4S/c1-3-28-17-14(21)7-11(8-15(17)22)9-16-18(25)24(2)20(29-16)23-13-6-4-5-12(10-13)19(26)27/h4-10H,3H2,1-2H3,(H,26,27)/b16-9-,23-20?. The fourth-order valence-corrected chi connectivity index (χ4v) is 4.17. The predicted molar refractivity (Wildman–Crippen MR) is 116 cm³/mol. The first-order chi connectivity index (χ1) is 13.8. The van der Waals surface area contributed by atoms with Gasteiger partial charge in [-0.3, -0.25) is 9.69 Å². The minimum atomic E-state index is -1.04. The first kappa shape index (κ1) is 21.2. The number of hydrogen-bond acceptors (Lipinski definition) is 5. The third kappa shape index (κ3) is 4.75. The molecule has 0 saturated carbocycles. The zero-order valence-corrected chi connectivity index (χ0v) is 17.8. The first-order valence-electron chi connectivity index (χ1n) is 8.51. The number of rotatable bonds is 5. The van der Waals surface area contributed by atoms with Crippen LogP contribution in [0.5, 0.6) is 5.75 Å². The summed E-state index contributed by atoms with van der Waals surface area (Å²) in [6.07, 6.45) is 1.67. The highest BCUT2D eigenvalue weighted by molar-refractivity contribution is 8.18. The van der Waals surface area contributed by atoms with Crippen molar-refractivity contribution in [2.45, 2.75) is 6.92 Å². The minimum absolute atomic E-state index is 0.123. The maximum Gasteiger partial charge on any atom is 0.335 e. The maximum absolute atomic E-state index is 12.6. The summed E-state index contributed by atoms with van der Waals surface area (Å²) >= 11 is 13.6. The molecule has 150 valence electrons. The Morgan fingerprint density at radius 1 is 1.28 bits per heavy atom. The van der Waals surface area contributed by atoms with Crippen LogP contribution in [0.15, 0.2) is 46.3 Å². The van der Waals surface area contributed by atoms with Crippen LogP contribution in [-0.4, -0.2) is 40.7 Å². The summed E-state index contributed by atoms with van der Waals surface area (Å²) < 4.78 is 5.41. The second kappa shape index (κ2) is 8.90. The normalized spacial score (nSPS) is 16.7. The summed E-state index contributed by atoms with van der Waals surface area (Å²) in [5.41, 5.74) is 1.22. The van der Waals surface area contributed by atoms with Crippen molar-refractivity contribution in [3.8, 4) is 5.75 Å². The third-order valence-corrected chi connectivity index (χ3v) is 5.55. The summed E-state index contributed by atoms with van der Waals surface area (Å²) in [7, 11) is 1.61. The zero-order valence-electron chi connectivity index (χ0n) is 15.5.